The Hall–Kier alpha value is -1.62. The van der Waals surface area contributed by atoms with E-state index < -0.39 is 5.91 Å². The Kier molecular flexibility index (Phi) is 4.90. The summed E-state index contributed by atoms with van der Waals surface area (Å²) in [5.74, 6) is 0.349. The molecule has 1 aromatic rings. The number of aromatic nitrogens is 1. The Bertz CT molecular complexity index is 380. The van der Waals surface area contributed by atoms with E-state index in [4.69, 9.17) is 5.73 Å². The summed E-state index contributed by atoms with van der Waals surface area (Å²) < 4.78 is 0. The van der Waals surface area contributed by atoms with Crippen LogP contribution in [0.25, 0.3) is 0 Å². The van der Waals surface area contributed by atoms with Crippen LogP contribution >= 0.6 is 0 Å². The van der Waals surface area contributed by atoms with Crippen LogP contribution in [0.15, 0.2) is 18.3 Å². The van der Waals surface area contributed by atoms with Crippen molar-refractivity contribution in [1.82, 2.24) is 4.98 Å². The molecule has 1 atom stereocenters. The number of nitrogens with zero attached hydrogens (tertiary/aromatic N) is 1. The number of hydrogen-bond acceptors (Lipinski definition) is 4. The summed E-state index contributed by atoms with van der Waals surface area (Å²) in [6, 6.07) is 3.14. The molecule has 1 unspecified atom stereocenters. The van der Waals surface area contributed by atoms with E-state index >= 15 is 0 Å². The van der Waals surface area contributed by atoms with Crippen molar-refractivity contribution >= 4 is 11.7 Å². The maximum atomic E-state index is 11.2. The van der Waals surface area contributed by atoms with E-state index in [9.17, 15) is 9.90 Å². The fraction of sp³-hybridized carbons (Fsp3) is 0.500. The Balaban J connectivity index is 2.82. The van der Waals surface area contributed by atoms with Crippen molar-refractivity contribution in [2.45, 2.75) is 26.3 Å². The molecular weight excluding hydrogens is 218 g/mol. The van der Waals surface area contributed by atoms with Gasteiger partial charge in [0.15, 0.2) is 0 Å². The molecule has 0 saturated heterocycles. The van der Waals surface area contributed by atoms with Crippen LogP contribution in [-0.2, 0) is 0 Å². The minimum Gasteiger partial charge on any atom is -0.394 e. The summed E-state index contributed by atoms with van der Waals surface area (Å²) >= 11 is 0. The first-order valence-corrected chi connectivity index (χ1v) is 5.66. The van der Waals surface area contributed by atoms with E-state index in [1.54, 1.807) is 18.3 Å². The highest BCUT2D eigenvalue weighted by Crippen LogP contribution is 2.14. The van der Waals surface area contributed by atoms with Crippen molar-refractivity contribution in [3.8, 4) is 0 Å². The van der Waals surface area contributed by atoms with Crippen LogP contribution in [0.3, 0.4) is 0 Å². The lowest BCUT2D eigenvalue weighted by Crippen LogP contribution is -2.28. The van der Waals surface area contributed by atoms with Crippen molar-refractivity contribution < 1.29 is 9.90 Å². The molecule has 0 bridgehead atoms. The Morgan fingerprint density at radius 2 is 2.29 bits per heavy atom. The maximum Gasteiger partial charge on any atom is 0.252 e. The second kappa shape index (κ2) is 6.20. The number of aliphatic hydroxyl groups is 1. The molecule has 0 saturated carbocycles. The predicted molar refractivity (Wildman–Crippen MR) is 66.7 cm³/mol. The number of carbonyl (C=O) groups excluding carboxylic acids is 1. The SMILES string of the molecule is CC(C)CC(CO)Nc1ncccc1C(N)=O. The highest BCUT2D eigenvalue weighted by Gasteiger charge is 2.14. The van der Waals surface area contributed by atoms with Crippen molar-refractivity contribution in [2.24, 2.45) is 11.7 Å². The Morgan fingerprint density at radius 3 is 2.82 bits per heavy atom. The van der Waals surface area contributed by atoms with E-state index in [2.05, 4.69) is 24.1 Å². The highest BCUT2D eigenvalue weighted by atomic mass is 16.3. The van der Waals surface area contributed by atoms with Crippen LogP contribution in [0.5, 0.6) is 0 Å². The number of pyridine rings is 1. The molecule has 4 N–H and O–H groups in total. The van der Waals surface area contributed by atoms with Gasteiger partial charge in [-0.25, -0.2) is 4.98 Å². The van der Waals surface area contributed by atoms with Crippen LogP contribution in [0.1, 0.15) is 30.6 Å². The number of carbonyl (C=O) groups is 1. The molecular formula is C12H19N3O2. The van der Waals surface area contributed by atoms with E-state index in [0.717, 1.165) is 6.42 Å². The smallest absolute Gasteiger partial charge is 0.252 e. The zero-order valence-electron chi connectivity index (χ0n) is 10.2. The fourth-order valence-electron chi connectivity index (χ4n) is 1.66. The minimum absolute atomic E-state index is 0.00699. The fourth-order valence-corrected chi connectivity index (χ4v) is 1.66. The monoisotopic (exact) mass is 237 g/mol. The average Bonchev–Trinajstić information content (AvgIpc) is 2.28. The van der Waals surface area contributed by atoms with Gasteiger partial charge < -0.3 is 16.2 Å². The molecule has 1 heterocycles. The van der Waals surface area contributed by atoms with Gasteiger partial charge in [-0.05, 0) is 24.5 Å². The van der Waals surface area contributed by atoms with Gasteiger partial charge in [0, 0.05) is 6.20 Å². The number of nitrogens with two attached hydrogens (primary N) is 1. The molecule has 0 aliphatic carbocycles. The van der Waals surface area contributed by atoms with Gasteiger partial charge in [-0.1, -0.05) is 13.8 Å². The van der Waals surface area contributed by atoms with Crippen LogP contribution < -0.4 is 11.1 Å². The van der Waals surface area contributed by atoms with E-state index in [1.165, 1.54) is 0 Å². The van der Waals surface area contributed by atoms with Gasteiger partial charge in [-0.3, -0.25) is 4.79 Å². The van der Waals surface area contributed by atoms with Gasteiger partial charge in [0.05, 0.1) is 18.2 Å². The molecule has 0 aromatic carbocycles. The predicted octanol–water partition coefficient (Wildman–Crippen LogP) is 0.999. The number of primary amides is 1. The standard InChI is InChI=1S/C12H19N3O2/c1-8(2)6-9(7-16)15-12-10(11(13)17)4-3-5-14-12/h3-5,8-9,16H,6-7H2,1-2H3,(H2,13,17)(H,14,15). The summed E-state index contributed by atoms with van der Waals surface area (Å²) in [5.41, 5.74) is 5.59. The van der Waals surface area contributed by atoms with Crippen LogP contribution in [0.4, 0.5) is 5.82 Å². The second-order valence-electron chi connectivity index (χ2n) is 4.42. The van der Waals surface area contributed by atoms with Crippen molar-refractivity contribution in [3.63, 3.8) is 0 Å². The van der Waals surface area contributed by atoms with Crippen LogP contribution in [0, 0.1) is 5.92 Å². The molecule has 0 fully saturated rings. The number of hydrogen-bond donors (Lipinski definition) is 3. The molecule has 17 heavy (non-hydrogen) atoms. The maximum absolute atomic E-state index is 11.2. The van der Waals surface area contributed by atoms with Crippen LogP contribution in [0.2, 0.25) is 0 Å². The molecule has 1 aromatic heterocycles. The highest BCUT2D eigenvalue weighted by molar-refractivity contribution is 5.97. The zero-order valence-corrected chi connectivity index (χ0v) is 10.2. The quantitative estimate of drug-likeness (QED) is 0.688. The molecule has 0 aliphatic rings. The van der Waals surface area contributed by atoms with E-state index in [1.807, 2.05) is 0 Å². The first kappa shape index (κ1) is 13.4. The van der Waals surface area contributed by atoms with Gasteiger partial charge in [0.2, 0.25) is 0 Å². The number of rotatable bonds is 6. The molecule has 0 aliphatic heterocycles. The summed E-state index contributed by atoms with van der Waals surface area (Å²) in [5, 5.41) is 12.3. The number of amides is 1. The van der Waals surface area contributed by atoms with Crippen molar-refractivity contribution in [2.75, 3.05) is 11.9 Å². The topological polar surface area (TPSA) is 88.2 Å². The van der Waals surface area contributed by atoms with Gasteiger partial charge in [0.25, 0.3) is 5.91 Å². The van der Waals surface area contributed by atoms with E-state index in [-0.39, 0.29) is 12.6 Å². The number of nitrogens with one attached hydrogen (secondary N) is 1. The lowest BCUT2D eigenvalue weighted by Gasteiger charge is -2.19. The van der Waals surface area contributed by atoms with Gasteiger partial charge in [0.1, 0.15) is 5.82 Å². The van der Waals surface area contributed by atoms with Gasteiger partial charge >= 0.3 is 0 Å². The van der Waals surface area contributed by atoms with Gasteiger partial charge in [-0.2, -0.15) is 0 Å². The lowest BCUT2D eigenvalue weighted by atomic mass is 10.0. The minimum atomic E-state index is -0.526. The molecule has 94 valence electrons. The number of anilines is 1. The van der Waals surface area contributed by atoms with Crippen molar-refractivity contribution in [3.05, 3.63) is 23.9 Å². The number of aliphatic hydroxyl groups excluding tert-OH is 1. The summed E-state index contributed by atoms with van der Waals surface area (Å²) in [7, 11) is 0. The second-order valence-corrected chi connectivity index (χ2v) is 4.42. The largest absolute Gasteiger partial charge is 0.394 e. The average molecular weight is 237 g/mol. The first-order chi connectivity index (χ1) is 8.04. The third-order valence-corrected chi connectivity index (χ3v) is 2.39. The Morgan fingerprint density at radius 1 is 1.59 bits per heavy atom. The zero-order chi connectivity index (χ0) is 12.8. The molecule has 0 spiro atoms. The van der Waals surface area contributed by atoms with E-state index in [0.29, 0.717) is 17.3 Å². The molecule has 1 amide bonds. The van der Waals surface area contributed by atoms with Crippen molar-refractivity contribution in [1.29, 1.82) is 0 Å². The van der Waals surface area contributed by atoms with Crippen LogP contribution in [-0.4, -0.2) is 28.6 Å². The summed E-state index contributed by atoms with van der Waals surface area (Å²) in [6.07, 6.45) is 2.38. The lowest BCUT2D eigenvalue weighted by molar-refractivity contribution is 0.100. The molecule has 5 nitrogen and oxygen atoms in total. The first-order valence-electron chi connectivity index (χ1n) is 5.66. The summed E-state index contributed by atoms with van der Waals surface area (Å²) in [4.78, 5) is 15.3. The normalized spacial score (nSPS) is 12.5. The molecule has 5 heteroatoms. The van der Waals surface area contributed by atoms with Gasteiger partial charge in [-0.15, -0.1) is 0 Å². The third kappa shape index (κ3) is 4.03. The molecule has 1 rings (SSSR count). The summed E-state index contributed by atoms with van der Waals surface area (Å²) in [6.45, 7) is 4.13. The third-order valence-electron chi connectivity index (χ3n) is 2.39. The molecule has 0 radical (unpaired) electrons. The Labute approximate surface area is 101 Å².